The topological polar surface area (TPSA) is 80.1 Å². The lowest BCUT2D eigenvalue weighted by Crippen LogP contribution is -2.32. The van der Waals surface area contributed by atoms with Crippen LogP contribution in [0.25, 0.3) is 0 Å². The number of nitrogens with zero attached hydrogens (tertiary/aromatic N) is 4. The zero-order chi connectivity index (χ0) is 20.2. The van der Waals surface area contributed by atoms with Crippen molar-refractivity contribution >= 4 is 11.7 Å². The highest BCUT2D eigenvalue weighted by molar-refractivity contribution is 5.76. The molecule has 0 radical (unpaired) electrons. The van der Waals surface area contributed by atoms with Gasteiger partial charge in [-0.05, 0) is 51.5 Å². The molecule has 7 nitrogen and oxygen atoms in total. The largest absolute Gasteiger partial charge is 0.365 e. The molecule has 0 aromatic carbocycles. The number of carbonyl (C=O) groups is 1. The maximum atomic E-state index is 12.6. The molecule has 1 aliphatic carbocycles. The molecule has 3 heterocycles. The summed E-state index contributed by atoms with van der Waals surface area (Å²) in [5.74, 6) is 1.95. The molecule has 1 N–H and O–H groups in total. The van der Waals surface area contributed by atoms with E-state index in [1.165, 1.54) is 24.1 Å². The second-order valence-corrected chi connectivity index (χ2v) is 8.06. The second kappa shape index (κ2) is 8.76. The van der Waals surface area contributed by atoms with Gasteiger partial charge in [-0.2, -0.15) is 0 Å². The average molecular weight is 396 g/mol. The molecule has 0 spiro atoms. The highest BCUT2D eigenvalue weighted by Gasteiger charge is 2.27. The molecule has 2 aromatic rings. The molecule has 1 saturated heterocycles. The summed E-state index contributed by atoms with van der Waals surface area (Å²) in [6.07, 6.45) is 8.30. The van der Waals surface area contributed by atoms with E-state index in [0.717, 1.165) is 37.4 Å². The van der Waals surface area contributed by atoms with Crippen molar-refractivity contribution in [3.8, 4) is 0 Å². The fourth-order valence-corrected chi connectivity index (χ4v) is 4.34. The van der Waals surface area contributed by atoms with Crippen LogP contribution in [0.2, 0.25) is 0 Å². The van der Waals surface area contributed by atoms with E-state index in [1.54, 1.807) is 22.9 Å². The van der Waals surface area contributed by atoms with Crippen molar-refractivity contribution in [1.29, 1.82) is 0 Å². The summed E-state index contributed by atoms with van der Waals surface area (Å²) in [5, 5.41) is 3.59. The number of fused-ring (bicyclic) bond motifs is 1. The van der Waals surface area contributed by atoms with Crippen LogP contribution in [0.4, 0.5) is 5.82 Å². The zero-order valence-corrected chi connectivity index (χ0v) is 17.1. The van der Waals surface area contributed by atoms with Crippen LogP contribution in [0.15, 0.2) is 29.2 Å². The molecule has 1 fully saturated rings. The zero-order valence-electron chi connectivity index (χ0n) is 17.1. The van der Waals surface area contributed by atoms with Gasteiger partial charge in [-0.25, -0.2) is 9.97 Å². The summed E-state index contributed by atoms with van der Waals surface area (Å²) in [6, 6.07) is 5.35. The second-order valence-electron chi connectivity index (χ2n) is 8.06. The Balaban J connectivity index is 1.30. The van der Waals surface area contributed by atoms with Gasteiger partial charge in [-0.1, -0.05) is 6.07 Å². The standard InChI is InChI=1S/C22H29N5O2/c1-16-23-19-8-3-2-7-18(19)22(24-16)25-17-11-14-27(15-17)21(29)10-6-13-26-12-5-4-9-20(26)28/h4-5,9,12,17H,2-3,6-8,10-11,13-15H2,1H3,(H,23,24,25)/t17-/m0/s1. The van der Waals surface area contributed by atoms with E-state index in [-0.39, 0.29) is 17.5 Å². The first-order chi connectivity index (χ1) is 14.1. The van der Waals surface area contributed by atoms with E-state index >= 15 is 0 Å². The molecule has 0 saturated carbocycles. The van der Waals surface area contributed by atoms with Crippen LogP contribution < -0.4 is 10.9 Å². The van der Waals surface area contributed by atoms with Crippen LogP contribution in [0.1, 0.15) is 49.2 Å². The van der Waals surface area contributed by atoms with Crippen molar-refractivity contribution in [3.05, 3.63) is 51.8 Å². The van der Waals surface area contributed by atoms with Gasteiger partial charge in [0.05, 0.1) is 0 Å². The van der Waals surface area contributed by atoms with E-state index in [0.29, 0.717) is 25.9 Å². The van der Waals surface area contributed by atoms with Gasteiger partial charge in [0.1, 0.15) is 11.6 Å². The number of aryl methyl sites for hydroxylation is 3. The van der Waals surface area contributed by atoms with Gasteiger partial charge >= 0.3 is 0 Å². The molecule has 7 heteroatoms. The molecule has 2 aromatic heterocycles. The Kier molecular flexibility index (Phi) is 5.92. The fraction of sp³-hybridized carbons (Fsp3) is 0.545. The molecule has 1 aliphatic heterocycles. The number of carbonyl (C=O) groups excluding carboxylic acids is 1. The maximum absolute atomic E-state index is 12.6. The van der Waals surface area contributed by atoms with Crippen molar-refractivity contribution in [2.45, 2.75) is 64.5 Å². The summed E-state index contributed by atoms with van der Waals surface area (Å²) in [7, 11) is 0. The molecule has 1 amide bonds. The molecule has 1 atom stereocenters. The summed E-state index contributed by atoms with van der Waals surface area (Å²) in [5.41, 5.74) is 2.43. The lowest BCUT2D eigenvalue weighted by atomic mass is 9.96. The summed E-state index contributed by atoms with van der Waals surface area (Å²) in [4.78, 5) is 35.5. The van der Waals surface area contributed by atoms with Gasteiger partial charge in [-0.3, -0.25) is 9.59 Å². The number of hydrogen-bond acceptors (Lipinski definition) is 5. The van der Waals surface area contributed by atoms with Crippen LogP contribution in [0.5, 0.6) is 0 Å². The number of rotatable bonds is 6. The Hall–Kier alpha value is -2.70. The van der Waals surface area contributed by atoms with Gasteiger partial charge in [0, 0.05) is 55.6 Å². The average Bonchev–Trinajstić information content (AvgIpc) is 3.18. The van der Waals surface area contributed by atoms with E-state index in [9.17, 15) is 9.59 Å². The molecule has 154 valence electrons. The van der Waals surface area contributed by atoms with Crippen LogP contribution in [-0.4, -0.2) is 44.5 Å². The van der Waals surface area contributed by atoms with E-state index in [4.69, 9.17) is 0 Å². The Morgan fingerprint density at radius 1 is 1.24 bits per heavy atom. The molecule has 0 unspecified atom stereocenters. The molecular weight excluding hydrogens is 366 g/mol. The van der Waals surface area contributed by atoms with Gasteiger partial charge in [0.15, 0.2) is 0 Å². The monoisotopic (exact) mass is 395 g/mol. The Morgan fingerprint density at radius 2 is 2.10 bits per heavy atom. The quantitative estimate of drug-likeness (QED) is 0.812. The predicted molar refractivity (Wildman–Crippen MR) is 112 cm³/mol. The highest BCUT2D eigenvalue weighted by atomic mass is 16.2. The first-order valence-electron chi connectivity index (χ1n) is 10.7. The van der Waals surface area contributed by atoms with Crippen LogP contribution >= 0.6 is 0 Å². The Bertz CT molecular complexity index is 939. The minimum Gasteiger partial charge on any atom is -0.365 e. The van der Waals surface area contributed by atoms with Gasteiger partial charge in [-0.15, -0.1) is 0 Å². The van der Waals surface area contributed by atoms with Crippen molar-refractivity contribution in [2.24, 2.45) is 0 Å². The van der Waals surface area contributed by atoms with Gasteiger partial charge in [0.2, 0.25) is 11.5 Å². The Labute approximate surface area is 171 Å². The third-order valence-electron chi connectivity index (χ3n) is 5.87. The van der Waals surface area contributed by atoms with Crippen LogP contribution in [0.3, 0.4) is 0 Å². The molecule has 2 aliphatic rings. The van der Waals surface area contributed by atoms with E-state index in [1.807, 2.05) is 17.9 Å². The normalized spacial score (nSPS) is 18.5. The highest BCUT2D eigenvalue weighted by Crippen LogP contribution is 2.27. The Morgan fingerprint density at radius 3 is 2.97 bits per heavy atom. The van der Waals surface area contributed by atoms with E-state index < -0.39 is 0 Å². The third kappa shape index (κ3) is 4.66. The molecule has 4 rings (SSSR count). The number of likely N-dealkylation sites (tertiary alicyclic amines) is 1. The van der Waals surface area contributed by atoms with Gasteiger partial charge < -0.3 is 14.8 Å². The number of amides is 1. The van der Waals surface area contributed by atoms with Crippen molar-refractivity contribution < 1.29 is 4.79 Å². The molecule has 29 heavy (non-hydrogen) atoms. The summed E-state index contributed by atoms with van der Waals surface area (Å²) in [6.45, 7) is 4.01. The predicted octanol–water partition coefficient (Wildman–Crippen LogP) is 2.32. The van der Waals surface area contributed by atoms with Crippen molar-refractivity contribution in [3.63, 3.8) is 0 Å². The lowest BCUT2D eigenvalue weighted by molar-refractivity contribution is -0.130. The van der Waals surface area contributed by atoms with E-state index in [2.05, 4.69) is 15.3 Å². The number of nitrogens with one attached hydrogen (secondary N) is 1. The maximum Gasteiger partial charge on any atom is 0.250 e. The number of pyridine rings is 1. The number of anilines is 1. The lowest BCUT2D eigenvalue weighted by Gasteiger charge is -2.22. The van der Waals surface area contributed by atoms with Crippen molar-refractivity contribution in [2.75, 3.05) is 18.4 Å². The van der Waals surface area contributed by atoms with Crippen LogP contribution in [0, 0.1) is 6.92 Å². The molecular formula is C22H29N5O2. The molecule has 0 bridgehead atoms. The van der Waals surface area contributed by atoms with Crippen molar-refractivity contribution in [1.82, 2.24) is 19.4 Å². The number of aromatic nitrogens is 3. The summed E-state index contributed by atoms with van der Waals surface area (Å²) >= 11 is 0. The smallest absolute Gasteiger partial charge is 0.250 e. The minimum absolute atomic E-state index is 0.0196. The SMILES string of the molecule is Cc1nc2c(c(N[C@H]3CCN(C(=O)CCCn4ccccc4=O)C3)n1)CCCC2. The fourth-order valence-electron chi connectivity index (χ4n) is 4.34. The summed E-state index contributed by atoms with van der Waals surface area (Å²) < 4.78 is 1.65. The number of hydrogen-bond donors (Lipinski definition) is 1. The minimum atomic E-state index is -0.0196. The van der Waals surface area contributed by atoms with Crippen LogP contribution in [-0.2, 0) is 24.2 Å². The first-order valence-corrected chi connectivity index (χ1v) is 10.7. The third-order valence-corrected chi connectivity index (χ3v) is 5.87. The van der Waals surface area contributed by atoms with Gasteiger partial charge in [0.25, 0.3) is 0 Å². The first kappa shape index (κ1) is 19.6.